The van der Waals surface area contributed by atoms with Crippen molar-refractivity contribution in [1.82, 2.24) is 0 Å². The number of fused-ring (bicyclic) bond motifs is 6. The predicted molar refractivity (Wildman–Crippen MR) is 332 cm³/mol. The van der Waals surface area contributed by atoms with Crippen LogP contribution in [0.5, 0.6) is 0 Å². The van der Waals surface area contributed by atoms with Crippen LogP contribution in [0.2, 0.25) is 0 Å². The lowest BCUT2D eigenvalue weighted by Gasteiger charge is -2.39. The van der Waals surface area contributed by atoms with Crippen LogP contribution in [0.4, 0.5) is 22.7 Å². The van der Waals surface area contributed by atoms with E-state index in [0.29, 0.717) is 0 Å². The molecule has 0 aromatic heterocycles. The third-order valence-corrected chi connectivity index (χ3v) is 19.2. The summed E-state index contributed by atoms with van der Waals surface area (Å²) < 4.78 is 0. The summed E-state index contributed by atoms with van der Waals surface area (Å²) in [6, 6.07) is 49.8. The third kappa shape index (κ3) is 7.57. The maximum absolute atomic E-state index is 2.60. The minimum absolute atomic E-state index is 0.127. The Balaban J connectivity index is 1.08. The van der Waals surface area contributed by atoms with Crippen LogP contribution in [-0.4, -0.2) is 0 Å². The number of allylic oxidation sites excluding steroid dienone is 8. The zero-order valence-electron chi connectivity index (χ0n) is 48.1. The Bertz CT molecular complexity index is 4000. The van der Waals surface area contributed by atoms with Crippen molar-refractivity contribution in [3.05, 3.63) is 281 Å². The lowest BCUT2D eigenvalue weighted by molar-refractivity contribution is 0.582. The van der Waals surface area contributed by atoms with Gasteiger partial charge in [0.05, 0.1) is 0 Å². The van der Waals surface area contributed by atoms with E-state index in [-0.39, 0.29) is 17.3 Å². The van der Waals surface area contributed by atoms with Crippen molar-refractivity contribution in [2.24, 2.45) is 5.92 Å². The molecule has 0 saturated carbocycles. The van der Waals surface area contributed by atoms with Crippen molar-refractivity contribution in [3.63, 3.8) is 0 Å². The topological polar surface area (TPSA) is 6.48 Å². The number of rotatable bonds is 9. The smallest absolute Gasteiger partial charge is 0.0497 e. The molecular weight excluding hydrogens is 941 g/mol. The van der Waals surface area contributed by atoms with E-state index in [0.717, 1.165) is 12.8 Å². The van der Waals surface area contributed by atoms with Crippen molar-refractivity contribution in [2.45, 2.75) is 114 Å². The highest BCUT2D eigenvalue weighted by molar-refractivity contribution is 6.05. The first-order chi connectivity index (χ1) is 37.5. The van der Waals surface area contributed by atoms with Crippen molar-refractivity contribution in [3.8, 4) is 22.3 Å². The average Bonchev–Trinajstić information content (AvgIpc) is 4.15. The van der Waals surface area contributed by atoms with Crippen LogP contribution >= 0.6 is 0 Å². The summed E-state index contributed by atoms with van der Waals surface area (Å²) in [5.74, 6) is 0.265. The molecule has 0 radical (unpaired) electrons. The van der Waals surface area contributed by atoms with Crippen molar-refractivity contribution >= 4 is 34.0 Å². The lowest BCUT2D eigenvalue weighted by atomic mass is 9.68. The van der Waals surface area contributed by atoms with Gasteiger partial charge in [0, 0.05) is 57.0 Å². The Morgan fingerprint density at radius 3 is 1.65 bits per heavy atom. The minimum atomic E-state index is -0.313. The highest BCUT2D eigenvalue weighted by atomic mass is 15.2. The summed E-state index contributed by atoms with van der Waals surface area (Å²) in [4.78, 5) is 5.13. The van der Waals surface area contributed by atoms with Gasteiger partial charge in [-0.05, 0) is 273 Å². The molecule has 8 aromatic rings. The molecule has 0 fully saturated rings. The Hall–Kier alpha value is -7.94. The quantitative estimate of drug-likeness (QED) is 0.142. The molecule has 2 nitrogen and oxygen atoms in total. The molecule has 0 amide bonds. The van der Waals surface area contributed by atoms with Gasteiger partial charge in [-0.2, -0.15) is 0 Å². The number of hydrogen-bond donors (Lipinski definition) is 0. The van der Waals surface area contributed by atoms with E-state index in [1.165, 1.54) is 173 Å². The van der Waals surface area contributed by atoms with Gasteiger partial charge in [-0.1, -0.05) is 127 Å². The largest absolute Gasteiger partial charge is 0.310 e. The summed E-state index contributed by atoms with van der Waals surface area (Å²) in [6.45, 7) is 29.6. The number of nitrogens with zero attached hydrogens (tertiary/aromatic N) is 2. The highest BCUT2D eigenvalue weighted by Gasteiger charge is 2.52. The van der Waals surface area contributed by atoms with Crippen LogP contribution < -0.4 is 9.80 Å². The lowest BCUT2D eigenvalue weighted by Crippen LogP contribution is -2.29. The van der Waals surface area contributed by atoms with Gasteiger partial charge in [0.1, 0.15) is 0 Å². The standard InChI is InChI=1S/C76H72N2/c1-43-20-26-55(27-21-43)42-66-71-63-18-14-16-61-67(77(57-30-24-45(3)47(5)36-57)59-38-49(7)53(11)50(8)39-59)33-32-64(70(61)63)72(71)69(56-28-22-44(2)23-29-56)73-65-19-15-17-62-68(34-35-76(13,74(62)65)75(66)73)78(58-31-25-46(4)48(6)37-58)60-40-51(9)54(12)52(10)41-60/h14-34,36-41,64,70H,35,42H2,1-13H3. The fourth-order valence-electron chi connectivity index (χ4n) is 14.2. The van der Waals surface area contributed by atoms with Gasteiger partial charge in [-0.3, -0.25) is 0 Å². The molecule has 78 heavy (non-hydrogen) atoms. The van der Waals surface area contributed by atoms with Gasteiger partial charge in [-0.15, -0.1) is 0 Å². The van der Waals surface area contributed by atoms with E-state index in [1.54, 1.807) is 0 Å². The molecule has 5 aliphatic carbocycles. The Morgan fingerprint density at radius 2 is 1.05 bits per heavy atom. The van der Waals surface area contributed by atoms with Gasteiger partial charge in [0.2, 0.25) is 0 Å². The molecule has 0 saturated heterocycles. The van der Waals surface area contributed by atoms with Gasteiger partial charge < -0.3 is 9.80 Å². The summed E-state index contributed by atoms with van der Waals surface area (Å²) >= 11 is 0. The first-order valence-electron chi connectivity index (χ1n) is 28.4. The molecule has 0 heterocycles. The molecule has 13 rings (SSSR count). The zero-order valence-corrected chi connectivity index (χ0v) is 48.1. The average molecular weight is 1010 g/mol. The van der Waals surface area contributed by atoms with E-state index < -0.39 is 0 Å². The molecule has 0 N–H and O–H groups in total. The van der Waals surface area contributed by atoms with Crippen molar-refractivity contribution < 1.29 is 0 Å². The zero-order chi connectivity index (χ0) is 54.2. The van der Waals surface area contributed by atoms with Crippen LogP contribution in [0.1, 0.15) is 125 Å². The second-order valence-corrected chi connectivity index (χ2v) is 24.1. The number of anilines is 4. The first-order valence-corrected chi connectivity index (χ1v) is 28.4. The summed E-state index contributed by atoms with van der Waals surface area (Å²) in [5, 5.41) is 0. The van der Waals surface area contributed by atoms with Gasteiger partial charge in [0.25, 0.3) is 0 Å². The molecule has 3 atom stereocenters. The van der Waals surface area contributed by atoms with Crippen LogP contribution in [0.3, 0.4) is 0 Å². The number of benzene rings is 8. The molecule has 0 aliphatic heterocycles. The molecule has 2 heteroatoms. The third-order valence-electron chi connectivity index (χ3n) is 19.2. The normalized spacial score (nSPS) is 18.1. The highest BCUT2D eigenvalue weighted by Crippen LogP contribution is 2.67. The SMILES string of the molecule is Cc1ccc(Cc2c3c(c(-c4ccc(C)cc4)c4c2C2(C)CC=C(N(c5ccc(C)c(C)c5)c5cc(C)c(C)c(C)c5)c5cccc-4c52)C2C=CC(N(c4ccc(C)c(C)c4)c4cc(C)c(C)c(C)c4)=C4C=CC=C3C42)cc1. The maximum Gasteiger partial charge on any atom is 0.0497 e. The van der Waals surface area contributed by atoms with Gasteiger partial charge >= 0.3 is 0 Å². The molecule has 0 spiro atoms. The molecule has 8 aromatic carbocycles. The fraction of sp³-hybridized carbons (Fsp3) is 0.237. The van der Waals surface area contributed by atoms with Crippen LogP contribution in [0.25, 0.3) is 33.5 Å². The van der Waals surface area contributed by atoms with Crippen LogP contribution in [-0.2, 0) is 11.8 Å². The molecule has 3 unspecified atom stereocenters. The summed E-state index contributed by atoms with van der Waals surface area (Å²) in [6.07, 6.45) is 16.7. The van der Waals surface area contributed by atoms with Gasteiger partial charge in [0.15, 0.2) is 0 Å². The number of aryl methyl sites for hydroxylation is 10. The van der Waals surface area contributed by atoms with Crippen LogP contribution in [0.15, 0.2) is 175 Å². The van der Waals surface area contributed by atoms with E-state index in [4.69, 9.17) is 0 Å². The van der Waals surface area contributed by atoms with Crippen molar-refractivity contribution in [1.29, 1.82) is 0 Å². The van der Waals surface area contributed by atoms with E-state index in [1.807, 2.05) is 0 Å². The second kappa shape index (κ2) is 18.3. The Labute approximate surface area is 464 Å². The Morgan fingerprint density at radius 1 is 0.500 bits per heavy atom. The molecule has 386 valence electrons. The fourth-order valence-corrected chi connectivity index (χ4v) is 14.2. The van der Waals surface area contributed by atoms with Crippen molar-refractivity contribution in [2.75, 3.05) is 9.80 Å². The summed E-state index contributed by atoms with van der Waals surface area (Å²) in [5.41, 5.74) is 41.1. The minimum Gasteiger partial charge on any atom is -0.310 e. The summed E-state index contributed by atoms with van der Waals surface area (Å²) in [7, 11) is 0. The van der Waals surface area contributed by atoms with E-state index in [9.17, 15) is 0 Å². The monoisotopic (exact) mass is 1010 g/mol. The second-order valence-electron chi connectivity index (χ2n) is 24.1. The van der Waals surface area contributed by atoms with Crippen LogP contribution in [0, 0.1) is 89.0 Å². The first kappa shape index (κ1) is 49.6. The predicted octanol–water partition coefficient (Wildman–Crippen LogP) is 19.8. The molecular formula is C76H72N2. The maximum atomic E-state index is 2.60. The number of hydrogen-bond acceptors (Lipinski definition) is 2. The molecule has 5 aliphatic rings. The Kier molecular flexibility index (Phi) is 11.7. The molecule has 0 bridgehead atoms. The van der Waals surface area contributed by atoms with Gasteiger partial charge in [-0.25, -0.2) is 0 Å². The van der Waals surface area contributed by atoms with E-state index >= 15 is 0 Å². The van der Waals surface area contributed by atoms with E-state index in [2.05, 4.69) is 264 Å².